The molecule has 0 spiro atoms. The Morgan fingerprint density at radius 1 is 1.21 bits per heavy atom. The summed E-state index contributed by atoms with van der Waals surface area (Å²) >= 11 is 6.18. The molecule has 0 radical (unpaired) electrons. The highest BCUT2D eigenvalue weighted by atomic mass is 35.5. The predicted octanol–water partition coefficient (Wildman–Crippen LogP) is 3.79. The highest BCUT2D eigenvalue weighted by Gasteiger charge is 2.39. The minimum atomic E-state index is -0.198. The number of ether oxygens (including phenoxy) is 1. The first-order valence-electron chi connectivity index (χ1n) is 6.78. The molecule has 3 rings (SSSR count). The maximum absolute atomic E-state index is 12.2. The van der Waals surface area contributed by atoms with Crippen LogP contribution in [-0.4, -0.2) is 17.5 Å². The zero-order chi connectivity index (χ0) is 13.4. The summed E-state index contributed by atoms with van der Waals surface area (Å²) in [5.74, 6) is 0.138. The lowest BCUT2D eigenvalue weighted by molar-refractivity contribution is -0.147. The van der Waals surface area contributed by atoms with E-state index in [1.165, 1.54) is 0 Å². The lowest BCUT2D eigenvalue weighted by atomic mass is 9.77. The maximum Gasteiger partial charge on any atom is 0.338 e. The van der Waals surface area contributed by atoms with Gasteiger partial charge >= 0.3 is 5.97 Å². The molecular formula is C16H17ClO2. The summed E-state index contributed by atoms with van der Waals surface area (Å²) in [4.78, 5) is 12.2. The Kier molecular flexibility index (Phi) is 3.36. The molecule has 1 aromatic carbocycles. The zero-order valence-electron chi connectivity index (χ0n) is 10.9. The van der Waals surface area contributed by atoms with Crippen LogP contribution in [0.2, 0.25) is 0 Å². The molecule has 1 heterocycles. The summed E-state index contributed by atoms with van der Waals surface area (Å²) in [6, 6.07) is 9.78. The van der Waals surface area contributed by atoms with Gasteiger partial charge in [-0.05, 0) is 25.3 Å². The van der Waals surface area contributed by atoms with E-state index in [-0.39, 0.29) is 17.5 Å². The summed E-state index contributed by atoms with van der Waals surface area (Å²) in [5, 5.41) is 0.139. The fraction of sp³-hybridized carbons (Fsp3) is 0.438. The van der Waals surface area contributed by atoms with Crippen LogP contribution in [0, 0.1) is 5.92 Å². The van der Waals surface area contributed by atoms with E-state index in [2.05, 4.69) is 6.92 Å². The lowest BCUT2D eigenvalue weighted by Crippen LogP contribution is -2.39. The SMILES string of the molecule is CC1=C(c2ccccc2)C(=O)O[C@H]2C[C@@H](Cl)CC[C@H]12. The second-order valence-corrected chi connectivity index (χ2v) is 6.00. The van der Waals surface area contributed by atoms with Crippen molar-refractivity contribution in [3.05, 3.63) is 41.5 Å². The van der Waals surface area contributed by atoms with E-state index in [1.54, 1.807) is 0 Å². The Hall–Kier alpha value is -1.28. The minimum absolute atomic E-state index is 0.0313. The summed E-state index contributed by atoms with van der Waals surface area (Å²) in [7, 11) is 0. The van der Waals surface area contributed by atoms with Crippen molar-refractivity contribution < 1.29 is 9.53 Å². The molecule has 0 aromatic heterocycles. The van der Waals surface area contributed by atoms with Gasteiger partial charge in [-0.15, -0.1) is 11.6 Å². The third-order valence-corrected chi connectivity index (χ3v) is 4.60. The lowest BCUT2D eigenvalue weighted by Gasteiger charge is -2.38. The first-order valence-corrected chi connectivity index (χ1v) is 7.21. The number of benzene rings is 1. The molecule has 0 unspecified atom stereocenters. The number of hydrogen-bond acceptors (Lipinski definition) is 2. The fourth-order valence-electron chi connectivity index (χ4n) is 3.20. The molecule has 2 aliphatic rings. The van der Waals surface area contributed by atoms with E-state index in [0.717, 1.165) is 36.0 Å². The molecule has 100 valence electrons. The highest BCUT2D eigenvalue weighted by molar-refractivity contribution is 6.21. The molecule has 0 saturated heterocycles. The number of esters is 1. The number of carbonyl (C=O) groups excluding carboxylic acids is 1. The average molecular weight is 277 g/mol. The van der Waals surface area contributed by atoms with Gasteiger partial charge in [-0.25, -0.2) is 4.79 Å². The van der Waals surface area contributed by atoms with Crippen LogP contribution in [0.5, 0.6) is 0 Å². The van der Waals surface area contributed by atoms with Crippen LogP contribution in [0.25, 0.3) is 5.57 Å². The fourth-order valence-corrected chi connectivity index (χ4v) is 3.50. The van der Waals surface area contributed by atoms with Crippen LogP contribution in [0.3, 0.4) is 0 Å². The summed E-state index contributed by atoms with van der Waals surface area (Å²) in [6.07, 6.45) is 2.75. The highest BCUT2D eigenvalue weighted by Crippen LogP contribution is 2.41. The number of alkyl halides is 1. The second-order valence-electron chi connectivity index (χ2n) is 5.38. The van der Waals surface area contributed by atoms with E-state index in [9.17, 15) is 4.79 Å². The third kappa shape index (κ3) is 2.30. The number of carbonyl (C=O) groups is 1. The van der Waals surface area contributed by atoms with Crippen molar-refractivity contribution in [2.24, 2.45) is 5.92 Å². The molecule has 1 aromatic rings. The van der Waals surface area contributed by atoms with Crippen LogP contribution >= 0.6 is 11.6 Å². The van der Waals surface area contributed by atoms with Crippen LogP contribution in [-0.2, 0) is 9.53 Å². The van der Waals surface area contributed by atoms with Crippen LogP contribution < -0.4 is 0 Å². The summed E-state index contributed by atoms with van der Waals surface area (Å²) < 4.78 is 5.62. The van der Waals surface area contributed by atoms with Crippen molar-refractivity contribution in [1.29, 1.82) is 0 Å². The second kappa shape index (κ2) is 5.01. The van der Waals surface area contributed by atoms with Gasteiger partial charge in [0, 0.05) is 17.7 Å². The van der Waals surface area contributed by atoms with Gasteiger partial charge in [0.25, 0.3) is 0 Å². The van der Waals surface area contributed by atoms with E-state index < -0.39 is 0 Å². The van der Waals surface area contributed by atoms with Crippen molar-refractivity contribution in [1.82, 2.24) is 0 Å². The molecule has 3 heteroatoms. The molecule has 1 fully saturated rings. The Bertz CT molecular complexity index is 521. The van der Waals surface area contributed by atoms with Gasteiger partial charge in [-0.2, -0.15) is 0 Å². The van der Waals surface area contributed by atoms with Gasteiger partial charge in [0.15, 0.2) is 0 Å². The van der Waals surface area contributed by atoms with Crippen LogP contribution in [0.1, 0.15) is 31.7 Å². The molecule has 1 aliphatic carbocycles. The smallest absolute Gasteiger partial charge is 0.338 e. The maximum atomic E-state index is 12.2. The molecule has 0 bridgehead atoms. The number of halogens is 1. The van der Waals surface area contributed by atoms with Crippen molar-refractivity contribution >= 4 is 23.1 Å². The van der Waals surface area contributed by atoms with E-state index in [4.69, 9.17) is 16.3 Å². The molecule has 0 N–H and O–H groups in total. The van der Waals surface area contributed by atoms with E-state index >= 15 is 0 Å². The van der Waals surface area contributed by atoms with Crippen molar-refractivity contribution in [2.45, 2.75) is 37.7 Å². The average Bonchev–Trinajstić information content (AvgIpc) is 2.39. The Balaban J connectivity index is 2.00. The summed E-state index contributed by atoms with van der Waals surface area (Å²) in [6.45, 7) is 2.06. The first-order chi connectivity index (χ1) is 9.16. The van der Waals surface area contributed by atoms with Gasteiger partial charge < -0.3 is 4.74 Å². The molecule has 0 amide bonds. The molecule has 1 aliphatic heterocycles. The van der Waals surface area contributed by atoms with Crippen molar-refractivity contribution in [3.8, 4) is 0 Å². The van der Waals surface area contributed by atoms with Crippen molar-refractivity contribution in [2.75, 3.05) is 0 Å². The molecule has 2 nitrogen and oxygen atoms in total. The minimum Gasteiger partial charge on any atom is -0.458 e. The molecule has 1 saturated carbocycles. The molecule has 3 atom stereocenters. The topological polar surface area (TPSA) is 26.3 Å². The number of hydrogen-bond donors (Lipinski definition) is 0. The van der Waals surface area contributed by atoms with E-state index in [1.807, 2.05) is 30.3 Å². The molecule has 19 heavy (non-hydrogen) atoms. The third-order valence-electron chi connectivity index (χ3n) is 4.20. The van der Waals surface area contributed by atoms with Gasteiger partial charge in [0.1, 0.15) is 6.10 Å². The van der Waals surface area contributed by atoms with Crippen LogP contribution in [0.4, 0.5) is 0 Å². The summed E-state index contributed by atoms with van der Waals surface area (Å²) in [5.41, 5.74) is 2.86. The van der Waals surface area contributed by atoms with Gasteiger partial charge in [-0.3, -0.25) is 0 Å². The number of rotatable bonds is 1. The normalized spacial score (nSPS) is 30.8. The standard InChI is InChI=1S/C16H17ClO2/c1-10-13-8-7-12(17)9-14(13)19-16(18)15(10)11-5-3-2-4-6-11/h2-6,12-14H,7-9H2,1H3/t12-,13+,14-/m0/s1. The quantitative estimate of drug-likeness (QED) is 0.576. The van der Waals surface area contributed by atoms with Gasteiger partial charge in [0.2, 0.25) is 0 Å². The Morgan fingerprint density at radius 3 is 2.68 bits per heavy atom. The predicted molar refractivity (Wildman–Crippen MR) is 75.9 cm³/mol. The van der Waals surface area contributed by atoms with E-state index in [0.29, 0.717) is 5.92 Å². The zero-order valence-corrected chi connectivity index (χ0v) is 11.7. The molecular weight excluding hydrogens is 260 g/mol. The monoisotopic (exact) mass is 276 g/mol. The van der Waals surface area contributed by atoms with Crippen molar-refractivity contribution in [3.63, 3.8) is 0 Å². The Labute approximate surface area is 118 Å². The first kappa shape index (κ1) is 12.7. The number of fused-ring (bicyclic) bond motifs is 1. The Morgan fingerprint density at radius 2 is 1.95 bits per heavy atom. The van der Waals surface area contributed by atoms with Gasteiger partial charge in [0.05, 0.1) is 5.57 Å². The largest absolute Gasteiger partial charge is 0.458 e. The van der Waals surface area contributed by atoms with Gasteiger partial charge in [-0.1, -0.05) is 35.9 Å². The van der Waals surface area contributed by atoms with Crippen LogP contribution in [0.15, 0.2) is 35.9 Å².